The van der Waals surface area contributed by atoms with Crippen LogP contribution in [0.2, 0.25) is 0 Å². The number of carbonyl (C=O) groups is 2. The number of rotatable bonds is 4. The number of aromatic nitrogens is 1. The highest BCUT2D eigenvalue weighted by molar-refractivity contribution is 6.30. The summed E-state index contributed by atoms with van der Waals surface area (Å²) < 4.78 is 0. The number of hydrogen-bond donors (Lipinski definition) is 1. The fourth-order valence-electron chi connectivity index (χ4n) is 8.31. The van der Waals surface area contributed by atoms with Crippen LogP contribution in [0, 0.1) is 34.5 Å². The number of piperidine rings is 1. The van der Waals surface area contributed by atoms with Crippen molar-refractivity contribution in [2.24, 2.45) is 34.5 Å². The van der Waals surface area contributed by atoms with Gasteiger partial charge in [0.2, 0.25) is 11.8 Å². The van der Waals surface area contributed by atoms with Crippen LogP contribution < -0.4 is 5.32 Å². The molecular formula is C28H38ClN3O2. The Bertz CT molecular complexity index is 1040. The number of amides is 2. The van der Waals surface area contributed by atoms with Crippen molar-refractivity contribution in [2.45, 2.75) is 78.6 Å². The Balaban J connectivity index is 1.34. The molecule has 6 atom stereocenters. The molecule has 34 heavy (non-hydrogen) atoms. The molecule has 1 aromatic rings. The first kappa shape index (κ1) is 23.8. The number of allylic oxidation sites excluding steroid dienone is 2. The molecule has 0 unspecified atom stereocenters. The lowest BCUT2D eigenvalue weighted by Crippen LogP contribution is -2.54. The second-order valence-corrected chi connectivity index (χ2v) is 12.1. The molecule has 0 aromatic carbocycles. The van der Waals surface area contributed by atoms with Gasteiger partial charge in [-0.05, 0) is 86.2 Å². The number of nitrogens with zero attached hydrogens (tertiary/aromatic N) is 2. The van der Waals surface area contributed by atoms with Crippen LogP contribution in [0.1, 0.15) is 77.8 Å². The van der Waals surface area contributed by atoms with Gasteiger partial charge in [0, 0.05) is 53.6 Å². The Morgan fingerprint density at radius 3 is 2.79 bits per heavy atom. The lowest BCUT2D eigenvalue weighted by atomic mass is 9.49. The van der Waals surface area contributed by atoms with E-state index in [0.717, 1.165) is 60.6 Å². The molecule has 2 amide bonds. The predicted molar refractivity (Wildman–Crippen MR) is 135 cm³/mol. The van der Waals surface area contributed by atoms with Crippen molar-refractivity contribution in [2.75, 3.05) is 12.4 Å². The number of carbonyl (C=O) groups excluding carboxylic acids is 2. The number of nitrogens with one attached hydrogen (secondary N) is 1. The summed E-state index contributed by atoms with van der Waals surface area (Å²) in [5.41, 5.74) is 3.09. The highest BCUT2D eigenvalue weighted by Crippen LogP contribution is 2.67. The Labute approximate surface area is 208 Å². The lowest BCUT2D eigenvalue weighted by molar-refractivity contribution is -0.136. The van der Waals surface area contributed by atoms with Gasteiger partial charge < -0.3 is 10.2 Å². The van der Waals surface area contributed by atoms with E-state index in [1.54, 1.807) is 6.20 Å². The number of aryl methyl sites for hydroxylation is 1. The van der Waals surface area contributed by atoms with Crippen LogP contribution in [0.5, 0.6) is 0 Å². The van der Waals surface area contributed by atoms with Crippen molar-refractivity contribution in [3.63, 3.8) is 0 Å². The second kappa shape index (κ2) is 8.65. The molecule has 1 aliphatic heterocycles. The highest BCUT2D eigenvalue weighted by Gasteiger charge is 2.60. The van der Waals surface area contributed by atoms with E-state index in [0.29, 0.717) is 36.5 Å². The molecule has 5 rings (SSSR count). The first-order valence-corrected chi connectivity index (χ1v) is 13.5. The molecule has 1 aromatic heterocycles. The van der Waals surface area contributed by atoms with Gasteiger partial charge in [0.25, 0.3) is 0 Å². The smallest absolute Gasteiger partial charge is 0.226 e. The Kier molecular flexibility index (Phi) is 6.07. The summed E-state index contributed by atoms with van der Waals surface area (Å²) in [6.45, 7) is 6.86. The van der Waals surface area contributed by atoms with Crippen molar-refractivity contribution >= 4 is 29.1 Å². The minimum absolute atomic E-state index is 0.0161. The summed E-state index contributed by atoms with van der Waals surface area (Å²) in [5.74, 6) is 2.41. The van der Waals surface area contributed by atoms with Gasteiger partial charge in [0.15, 0.2) is 0 Å². The molecule has 184 valence electrons. The molecule has 3 aliphatic carbocycles. The molecule has 2 saturated carbocycles. The van der Waals surface area contributed by atoms with Crippen LogP contribution in [-0.2, 0) is 16.0 Å². The molecular weight excluding hydrogens is 446 g/mol. The van der Waals surface area contributed by atoms with Crippen LogP contribution in [0.4, 0.5) is 5.69 Å². The topological polar surface area (TPSA) is 62.3 Å². The van der Waals surface area contributed by atoms with Crippen LogP contribution >= 0.6 is 11.6 Å². The quantitative estimate of drug-likeness (QED) is 0.559. The summed E-state index contributed by atoms with van der Waals surface area (Å²) in [6.07, 6.45) is 10.2. The molecule has 4 aliphatic rings. The predicted octanol–water partition coefficient (Wildman–Crippen LogP) is 6.14. The molecule has 0 bridgehead atoms. The fourth-order valence-corrected chi connectivity index (χ4v) is 8.83. The summed E-state index contributed by atoms with van der Waals surface area (Å²) >= 11 is 6.95. The number of pyridine rings is 1. The monoisotopic (exact) mass is 483 g/mol. The Hall–Kier alpha value is -1.88. The zero-order chi connectivity index (χ0) is 24.3. The maximum atomic E-state index is 13.0. The van der Waals surface area contributed by atoms with Gasteiger partial charge >= 0.3 is 0 Å². The maximum absolute atomic E-state index is 13.0. The largest absolute Gasteiger partial charge is 0.326 e. The summed E-state index contributed by atoms with van der Waals surface area (Å²) in [6, 6.07) is 3.85. The SMILES string of the molecule is CCc1cc(NC(=O)C[C@H]2CC[C@H]3[C@@H]4CC(Cl)=C5N(C)C(=O)CC[C@]5(C)[C@H]4CC[C@]23C)ccn1. The zero-order valence-electron chi connectivity index (χ0n) is 21.0. The number of halogens is 1. The average molecular weight is 484 g/mol. The third kappa shape index (κ3) is 3.70. The standard InChI is InChI=1S/C28H38ClN3O2/c1-5-18-15-19(10-13-30-18)31-24(33)14-17-6-7-21-20-16-23(29)26-28(3,12-9-25(34)32(26)4)22(20)8-11-27(17,21)2/h10,13,15,17,20-22H,5-9,11-12,14,16H2,1-4H3,(H,30,31,33)/t17-,20+,21+,22+,27-,28-/m1/s1. The summed E-state index contributed by atoms with van der Waals surface area (Å²) in [5, 5.41) is 4.02. The number of fused-ring (bicyclic) bond motifs is 5. The molecule has 1 saturated heterocycles. The van der Waals surface area contributed by atoms with Crippen LogP contribution in [0.25, 0.3) is 0 Å². The third-order valence-corrected chi connectivity index (χ3v) is 10.5. The van der Waals surface area contributed by atoms with E-state index in [4.69, 9.17) is 11.6 Å². The Morgan fingerprint density at radius 2 is 2.03 bits per heavy atom. The summed E-state index contributed by atoms with van der Waals surface area (Å²) in [4.78, 5) is 31.6. The highest BCUT2D eigenvalue weighted by atomic mass is 35.5. The van der Waals surface area contributed by atoms with Gasteiger partial charge in [-0.3, -0.25) is 14.6 Å². The van der Waals surface area contributed by atoms with Crippen molar-refractivity contribution in [1.82, 2.24) is 9.88 Å². The lowest BCUT2D eigenvalue weighted by Gasteiger charge is -2.59. The van der Waals surface area contributed by atoms with E-state index in [1.165, 1.54) is 6.42 Å². The molecule has 6 heteroatoms. The van der Waals surface area contributed by atoms with Crippen LogP contribution in [-0.4, -0.2) is 28.7 Å². The second-order valence-electron chi connectivity index (χ2n) is 11.7. The number of hydrogen-bond acceptors (Lipinski definition) is 3. The molecule has 5 nitrogen and oxygen atoms in total. The van der Waals surface area contributed by atoms with Gasteiger partial charge in [-0.15, -0.1) is 0 Å². The third-order valence-electron chi connectivity index (χ3n) is 10.1. The molecule has 3 fully saturated rings. The van der Waals surface area contributed by atoms with Gasteiger partial charge in [-0.25, -0.2) is 0 Å². The van der Waals surface area contributed by atoms with E-state index in [-0.39, 0.29) is 22.6 Å². The van der Waals surface area contributed by atoms with E-state index in [2.05, 4.69) is 31.1 Å². The van der Waals surface area contributed by atoms with Gasteiger partial charge in [-0.1, -0.05) is 32.4 Å². The first-order valence-electron chi connectivity index (χ1n) is 13.1. The van der Waals surface area contributed by atoms with Gasteiger partial charge in [-0.2, -0.15) is 0 Å². The number of likely N-dealkylation sites (tertiary alicyclic amines) is 1. The van der Waals surface area contributed by atoms with E-state index in [1.807, 2.05) is 24.1 Å². The normalized spacial score (nSPS) is 37.2. The molecule has 0 radical (unpaired) electrons. The van der Waals surface area contributed by atoms with Crippen molar-refractivity contribution in [3.8, 4) is 0 Å². The maximum Gasteiger partial charge on any atom is 0.226 e. The number of anilines is 1. The fraction of sp³-hybridized carbons (Fsp3) is 0.679. The van der Waals surface area contributed by atoms with E-state index < -0.39 is 0 Å². The van der Waals surface area contributed by atoms with Crippen molar-refractivity contribution < 1.29 is 9.59 Å². The van der Waals surface area contributed by atoms with Crippen molar-refractivity contribution in [3.05, 3.63) is 34.8 Å². The average Bonchev–Trinajstić information content (AvgIpc) is 3.13. The van der Waals surface area contributed by atoms with Crippen LogP contribution in [0.3, 0.4) is 0 Å². The Morgan fingerprint density at radius 1 is 1.24 bits per heavy atom. The van der Waals surface area contributed by atoms with E-state index in [9.17, 15) is 9.59 Å². The minimum Gasteiger partial charge on any atom is -0.326 e. The van der Waals surface area contributed by atoms with Crippen LogP contribution in [0.15, 0.2) is 29.1 Å². The van der Waals surface area contributed by atoms with Gasteiger partial charge in [0.05, 0.1) is 0 Å². The first-order chi connectivity index (χ1) is 16.2. The van der Waals surface area contributed by atoms with Crippen molar-refractivity contribution in [1.29, 1.82) is 0 Å². The molecule has 1 N–H and O–H groups in total. The van der Waals surface area contributed by atoms with Gasteiger partial charge in [0.1, 0.15) is 0 Å². The molecule has 2 heterocycles. The zero-order valence-corrected chi connectivity index (χ0v) is 21.8. The summed E-state index contributed by atoms with van der Waals surface area (Å²) in [7, 11) is 1.90. The minimum atomic E-state index is -0.0161. The molecule has 0 spiro atoms. The van der Waals surface area contributed by atoms with E-state index >= 15 is 0 Å².